The van der Waals surface area contributed by atoms with Crippen molar-refractivity contribution in [3.8, 4) is 0 Å². The first-order chi connectivity index (χ1) is 4.00. The van der Waals surface area contributed by atoms with Gasteiger partial charge in [-0.15, -0.1) is 11.6 Å². The summed E-state index contributed by atoms with van der Waals surface area (Å²) in [5.74, 6) is -0.563. The average Bonchev–Trinajstić information content (AvgIpc) is 1.65. The molecule has 1 amide bonds. The molecule has 56 valence electrons. The summed E-state index contributed by atoms with van der Waals surface area (Å²) in [7, 11) is 0. The van der Waals surface area contributed by atoms with Crippen LogP contribution >= 0.6 is 11.6 Å². The number of hydrogen-bond acceptors (Lipinski definition) is 2. The second-order valence-electron chi connectivity index (χ2n) is 0.883. The number of amides is 1. The number of rotatable bonds is 1. The Morgan fingerprint density at radius 3 is 1.50 bits per heavy atom. The summed E-state index contributed by atoms with van der Waals surface area (Å²) in [6, 6.07) is 0. The number of carboxylic acid groups (broad SMARTS) is 2. The quantitative estimate of drug-likeness (QED) is 0.380. The van der Waals surface area contributed by atoms with Gasteiger partial charge in [-0.25, -0.2) is 4.79 Å². The van der Waals surface area contributed by atoms with Gasteiger partial charge in [-0.2, -0.15) is 0 Å². The predicted octanol–water partition coefficient (Wildman–Crippen LogP) is -0.716. The third-order valence-corrected chi connectivity index (χ3v) is 0.395. The van der Waals surface area contributed by atoms with E-state index >= 15 is 0 Å². The average molecular weight is 196 g/mol. The molecular weight excluding hydrogens is 189 g/mol. The maximum absolute atomic E-state index is 9.46. The van der Waals surface area contributed by atoms with Crippen LogP contribution in [0.25, 0.3) is 0 Å². The molecule has 10 heavy (non-hydrogen) atoms. The first-order valence-corrected chi connectivity index (χ1v) is 2.30. The monoisotopic (exact) mass is 195 g/mol. The number of carbonyl (C=O) groups excluding carboxylic acids is 1. The zero-order valence-corrected chi connectivity index (χ0v) is 5.13. The fourth-order valence-electron chi connectivity index (χ4n) is 0. The van der Waals surface area contributed by atoms with E-state index in [2.05, 4.69) is 5.73 Å². The van der Waals surface area contributed by atoms with Crippen molar-refractivity contribution in [2.75, 3.05) is 5.88 Å². The number of nitrogens with two attached hydrogens (primary N) is 1. The summed E-state index contributed by atoms with van der Waals surface area (Å²) >= 11 is 4.86. The molecule has 0 aliphatic heterocycles. The summed E-state index contributed by atoms with van der Waals surface area (Å²) in [4.78, 5) is 18.0. The number of primary amides is 1. The van der Waals surface area contributed by atoms with E-state index in [4.69, 9.17) is 26.6 Å². The summed E-state index contributed by atoms with van der Waals surface area (Å²) in [6.45, 7) is 0. The van der Waals surface area contributed by atoms with Crippen LogP contribution in [0.4, 0.5) is 4.79 Å². The third-order valence-electron chi connectivity index (χ3n) is 0.132. The van der Waals surface area contributed by atoms with E-state index in [0.717, 1.165) is 0 Å². The van der Waals surface area contributed by atoms with E-state index in [-0.39, 0.29) is 57.3 Å². The van der Waals surface area contributed by atoms with E-state index in [0.29, 0.717) is 0 Å². The minimum atomic E-state index is -1.83. The summed E-state index contributed by atoms with van der Waals surface area (Å²) in [5.41, 5.74) is 4.52. The standard InChI is InChI=1S/C2H4ClNO.CH2O3.K.H/c3-1-2(4)5;2-1(3)4;;/h1H2,(H2,4,5);(H2,2,3,4);;. The van der Waals surface area contributed by atoms with Crippen molar-refractivity contribution in [1.29, 1.82) is 0 Å². The number of carbonyl (C=O) groups is 2. The van der Waals surface area contributed by atoms with Crippen molar-refractivity contribution in [3.05, 3.63) is 0 Å². The van der Waals surface area contributed by atoms with Gasteiger partial charge in [0.05, 0.1) is 0 Å². The Hall–Kier alpha value is 0.666. The van der Waals surface area contributed by atoms with E-state index in [9.17, 15) is 4.79 Å². The van der Waals surface area contributed by atoms with Crippen LogP contribution in [0, 0.1) is 0 Å². The second kappa shape index (κ2) is 12.4. The molecule has 0 rings (SSSR count). The summed E-state index contributed by atoms with van der Waals surface area (Å²) in [5, 5.41) is 13.9. The molecular formula is C3H7ClKNO4. The van der Waals surface area contributed by atoms with Gasteiger partial charge in [-0.3, -0.25) is 4.79 Å². The van der Waals surface area contributed by atoms with Gasteiger partial charge in [0.25, 0.3) is 0 Å². The first kappa shape index (κ1) is 17.0. The molecule has 0 fully saturated rings. The number of hydrogen-bond donors (Lipinski definition) is 3. The van der Waals surface area contributed by atoms with E-state index in [1.807, 2.05) is 0 Å². The van der Waals surface area contributed by atoms with Crippen molar-refractivity contribution in [3.63, 3.8) is 0 Å². The Balaban J connectivity index is -0.0000000910. The predicted molar refractivity (Wildman–Crippen MR) is 37.7 cm³/mol. The molecule has 5 nitrogen and oxygen atoms in total. The van der Waals surface area contributed by atoms with Gasteiger partial charge >= 0.3 is 57.5 Å². The molecule has 4 N–H and O–H groups in total. The Kier molecular flexibility index (Phi) is 20.9. The van der Waals surface area contributed by atoms with Crippen LogP contribution in [-0.2, 0) is 4.79 Å². The topological polar surface area (TPSA) is 101 Å². The van der Waals surface area contributed by atoms with Gasteiger partial charge in [0.2, 0.25) is 5.91 Å². The van der Waals surface area contributed by atoms with E-state index < -0.39 is 12.1 Å². The normalized spacial score (nSPS) is 6.10. The van der Waals surface area contributed by atoms with Crippen LogP contribution in [0.15, 0.2) is 0 Å². The van der Waals surface area contributed by atoms with E-state index in [1.165, 1.54) is 0 Å². The van der Waals surface area contributed by atoms with Crippen LogP contribution in [0.1, 0.15) is 0 Å². The van der Waals surface area contributed by atoms with Crippen LogP contribution in [0.3, 0.4) is 0 Å². The van der Waals surface area contributed by atoms with Gasteiger partial charge in [-0.1, -0.05) is 0 Å². The Morgan fingerprint density at radius 2 is 1.50 bits per heavy atom. The van der Waals surface area contributed by atoms with E-state index in [1.54, 1.807) is 0 Å². The zero-order valence-electron chi connectivity index (χ0n) is 4.37. The molecule has 0 saturated heterocycles. The molecule has 0 heterocycles. The first-order valence-electron chi connectivity index (χ1n) is 1.76. The summed E-state index contributed by atoms with van der Waals surface area (Å²) < 4.78 is 0. The Bertz CT molecular complexity index is 105. The molecule has 0 radical (unpaired) electrons. The number of halogens is 1. The van der Waals surface area contributed by atoms with Crippen LogP contribution in [0.2, 0.25) is 0 Å². The van der Waals surface area contributed by atoms with Gasteiger partial charge in [-0.05, 0) is 0 Å². The maximum atomic E-state index is 9.46. The number of alkyl halides is 1. The molecule has 0 unspecified atom stereocenters. The zero-order chi connectivity index (χ0) is 7.86. The molecule has 0 aromatic rings. The molecule has 7 heteroatoms. The van der Waals surface area contributed by atoms with Crippen molar-refractivity contribution < 1.29 is 19.8 Å². The molecule has 0 aromatic heterocycles. The van der Waals surface area contributed by atoms with Crippen LogP contribution in [0.5, 0.6) is 0 Å². The Labute approximate surface area is 105 Å². The van der Waals surface area contributed by atoms with Crippen LogP contribution < -0.4 is 5.73 Å². The molecule has 0 bridgehead atoms. The molecule has 0 atom stereocenters. The van der Waals surface area contributed by atoms with Gasteiger partial charge in [0.15, 0.2) is 0 Å². The molecule has 0 aromatic carbocycles. The Morgan fingerprint density at radius 1 is 1.40 bits per heavy atom. The van der Waals surface area contributed by atoms with Gasteiger partial charge in [0, 0.05) is 0 Å². The van der Waals surface area contributed by atoms with Crippen molar-refractivity contribution >= 4 is 75.0 Å². The van der Waals surface area contributed by atoms with Crippen molar-refractivity contribution in [2.45, 2.75) is 0 Å². The molecule has 0 spiro atoms. The van der Waals surface area contributed by atoms with Crippen molar-refractivity contribution in [2.24, 2.45) is 5.73 Å². The molecule has 0 aliphatic carbocycles. The molecule has 0 aliphatic rings. The fourth-order valence-corrected chi connectivity index (χ4v) is 0. The summed E-state index contributed by atoms with van der Waals surface area (Å²) in [6.07, 6.45) is -1.83. The van der Waals surface area contributed by atoms with Crippen LogP contribution in [-0.4, -0.2) is 79.5 Å². The second-order valence-corrected chi connectivity index (χ2v) is 1.15. The van der Waals surface area contributed by atoms with Gasteiger partial charge in [0.1, 0.15) is 5.88 Å². The fraction of sp³-hybridized carbons (Fsp3) is 0.333. The molecule has 0 saturated carbocycles. The van der Waals surface area contributed by atoms with Gasteiger partial charge < -0.3 is 15.9 Å². The SMILES string of the molecule is NC(=O)CCl.O=C(O)O.[KH]. The minimum absolute atomic E-state index is 0. The third kappa shape index (κ3) is 71.6. The van der Waals surface area contributed by atoms with Crippen molar-refractivity contribution in [1.82, 2.24) is 0 Å².